The van der Waals surface area contributed by atoms with Gasteiger partial charge in [0.1, 0.15) is 0 Å². The Morgan fingerprint density at radius 2 is 2.04 bits per heavy atom. The molecular formula is C21H28N4O2. The minimum atomic E-state index is -0.122. The van der Waals surface area contributed by atoms with Gasteiger partial charge in [-0.1, -0.05) is 32.0 Å². The number of carbonyl (C=O) groups is 2. The maximum absolute atomic E-state index is 12.4. The maximum atomic E-state index is 12.4. The van der Waals surface area contributed by atoms with E-state index in [1.165, 1.54) is 12.5 Å². The Balaban J connectivity index is 1.84. The Morgan fingerprint density at radius 1 is 1.30 bits per heavy atom. The summed E-state index contributed by atoms with van der Waals surface area (Å²) in [7, 11) is 0. The molecule has 1 aromatic heterocycles. The SMILES string of the molecule is CC(=O)NCCC(=O)N[C@H]1CC(C)(C)Cc2c1cnn2-c1ccccc1C. The van der Waals surface area contributed by atoms with Gasteiger partial charge in [0.2, 0.25) is 11.8 Å². The van der Waals surface area contributed by atoms with Crippen molar-refractivity contribution >= 4 is 11.8 Å². The number of amides is 2. The highest BCUT2D eigenvalue weighted by atomic mass is 16.2. The van der Waals surface area contributed by atoms with Crippen LogP contribution in [0.1, 0.15) is 56.5 Å². The summed E-state index contributed by atoms with van der Waals surface area (Å²) in [4.78, 5) is 23.3. The average Bonchev–Trinajstić information content (AvgIpc) is 2.97. The molecule has 0 radical (unpaired) electrons. The monoisotopic (exact) mass is 368 g/mol. The van der Waals surface area contributed by atoms with Gasteiger partial charge >= 0.3 is 0 Å². The first-order valence-corrected chi connectivity index (χ1v) is 9.43. The smallest absolute Gasteiger partial charge is 0.222 e. The quantitative estimate of drug-likeness (QED) is 0.852. The van der Waals surface area contributed by atoms with Crippen LogP contribution in [0, 0.1) is 12.3 Å². The van der Waals surface area contributed by atoms with Crippen molar-refractivity contribution in [2.75, 3.05) is 6.54 Å². The van der Waals surface area contributed by atoms with Crippen LogP contribution in [0.4, 0.5) is 0 Å². The number of nitrogens with one attached hydrogen (secondary N) is 2. The van der Waals surface area contributed by atoms with Crippen LogP contribution in [0.2, 0.25) is 0 Å². The second kappa shape index (κ2) is 7.55. The number of carbonyl (C=O) groups excluding carboxylic acids is 2. The van der Waals surface area contributed by atoms with Crippen LogP contribution in [0.5, 0.6) is 0 Å². The van der Waals surface area contributed by atoms with E-state index in [2.05, 4.69) is 48.6 Å². The summed E-state index contributed by atoms with van der Waals surface area (Å²) in [6.45, 7) is 8.34. The summed E-state index contributed by atoms with van der Waals surface area (Å²) in [6, 6.07) is 8.14. The summed E-state index contributed by atoms with van der Waals surface area (Å²) in [5.41, 5.74) is 4.55. The van der Waals surface area contributed by atoms with Gasteiger partial charge in [0, 0.05) is 25.5 Å². The molecule has 1 aromatic carbocycles. The predicted molar refractivity (Wildman–Crippen MR) is 105 cm³/mol. The topological polar surface area (TPSA) is 76.0 Å². The number of para-hydroxylation sites is 1. The van der Waals surface area contributed by atoms with E-state index in [1.54, 1.807) is 0 Å². The molecule has 0 unspecified atom stereocenters. The molecule has 2 amide bonds. The lowest BCUT2D eigenvalue weighted by Gasteiger charge is -2.36. The maximum Gasteiger partial charge on any atom is 0.222 e. The van der Waals surface area contributed by atoms with Gasteiger partial charge in [-0.25, -0.2) is 4.68 Å². The highest BCUT2D eigenvalue weighted by molar-refractivity contribution is 5.78. The van der Waals surface area contributed by atoms with Gasteiger partial charge in [-0.2, -0.15) is 5.10 Å². The minimum absolute atomic E-state index is 0.0546. The Bertz CT molecular complexity index is 854. The number of hydrogen-bond donors (Lipinski definition) is 2. The highest BCUT2D eigenvalue weighted by Gasteiger charge is 2.36. The number of aromatic nitrogens is 2. The molecule has 0 bridgehead atoms. The molecule has 1 aliphatic rings. The lowest BCUT2D eigenvalue weighted by Crippen LogP contribution is -2.38. The van der Waals surface area contributed by atoms with E-state index in [9.17, 15) is 9.59 Å². The molecule has 2 N–H and O–H groups in total. The van der Waals surface area contributed by atoms with E-state index in [-0.39, 0.29) is 29.7 Å². The summed E-state index contributed by atoms with van der Waals surface area (Å²) < 4.78 is 2.02. The van der Waals surface area contributed by atoms with Crippen molar-refractivity contribution in [2.45, 2.75) is 53.0 Å². The zero-order valence-corrected chi connectivity index (χ0v) is 16.5. The van der Waals surface area contributed by atoms with Crippen molar-refractivity contribution < 1.29 is 9.59 Å². The lowest BCUT2D eigenvalue weighted by molar-refractivity contribution is -0.122. The molecule has 1 heterocycles. The number of benzene rings is 1. The molecule has 0 fully saturated rings. The predicted octanol–water partition coefficient (Wildman–Crippen LogP) is 2.84. The second-order valence-electron chi connectivity index (χ2n) is 8.14. The first kappa shape index (κ1) is 19.1. The average molecular weight is 368 g/mol. The number of hydrogen-bond acceptors (Lipinski definition) is 3. The highest BCUT2D eigenvalue weighted by Crippen LogP contribution is 2.41. The van der Waals surface area contributed by atoms with E-state index >= 15 is 0 Å². The number of rotatable bonds is 5. The van der Waals surface area contributed by atoms with E-state index < -0.39 is 0 Å². The molecule has 27 heavy (non-hydrogen) atoms. The van der Waals surface area contributed by atoms with Crippen molar-refractivity contribution in [3.05, 3.63) is 47.3 Å². The fraction of sp³-hybridized carbons (Fsp3) is 0.476. The summed E-state index contributed by atoms with van der Waals surface area (Å²) in [5.74, 6) is -0.176. The number of nitrogens with zero attached hydrogens (tertiary/aromatic N) is 2. The second-order valence-corrected chi connectivity index (χ2v) is 8.14. The first-order valence-electron chi connectivity index (χ1n) is 9.43. The molecule has 2 aromatic rings. The summed E-state index contributed by atoms with van der Waals surface area (Å²) in [5, 5.41) is 10.5. The largest absolute Gasteiger partial charge is 0.356 e. The zero-order valence-electron chi connectivity index (χ0n) is 16.5. The lowest BCUT2D eigenvalue weighted by atomic mass is 9.74. The summed E-state index contributed by atoms with van der Waals surface area (Å²) in [6.07, 6.45) is 3.94. The third-order valence-corrected chi connectivity index (χ3v) is 5.08. The minimum Gasteiger partial charge on any atom is -0.356 e. The molecule has 0 saturated heterocycles. The normalized spacial score (nSPS) is 17.9. The van der Waals surface area contributed by atoms with E-state index in [1.807, 2.05) is 23.0 Å². The molecule has 1 atom stereocenters. The van der Waals surface area contributed by atoms with Crippen molar-refractivity contribution in [3.8, 4) is 5.69 Å². The van der Waals surface area contributed by atoms with Crippen LogP contribution in [0.25, 0.3) is 5.69 Å². The van der Waals surface area contributed by atoms with Gasteiger partial charge in [0.05, 0.1) is 23.6 Å². The van der Waals surface area contributed by atoms with E-state index in [0.29, 0.717) is 6.54 Å². The van der Waals surface area contributed by atoms with E-state index in [0.717, 1.165) is 29.8 Å². The first-order chi connectivity index (χ1) is 12.8. The molecule has 0 aliphatic heterocycles. The van der Waals surface area contributed by atoms with Gasteiger partial charge in [-0.15, -0.1) is 0 Å². The van der Waals surface area contributed by atoms with Gasteiger partial charge in [0.25, 0.3) is 0 Å². The molecule has 3 rings (SSSR count). The number of fused-ring (bicyclic) bond motifs is 1. The summed E-state index contributed by atoms with van der Waals surface area (Å²) >= 11 is 0. The number of aryl methyl sites for hydroxylation is 1. The zero-order chi connectivity index (χ0) is 19.6. The molecule has 0 saturated carbocycles. The van der Waals surface area contributed by atoms with Crippen molar-refractivity contribution in [2.24, 2.45) is 5.41 Å². The van der Waals surface area contributed by atoms with Crippen LogP contribution < -0.4 is 10.6 Å². The van der Waals surface area contributed by atoms with Gasteiger partial charge < -0.3 is 10.6 Å². The Hall–Kier alpha value is -2.63. The van der Waals surface area contributed by atoms with Crippen LogP contribution in [-0.4, -0.2) is 28.1 Å². The molecule has 0 spiro atoms. The standard InChI is InChI=1S/C21H28N4O2/c1-14-7-5-6-8-18(14)25-19-12-21(3,4)11-17(16(19)13-23-25)24-20(27)9-10-22-15(2)26/h5-8,13,17H,9-12H2,1-4H3,(H,22,26)(H,24,27)/t17-/m0/s1. The molecular weight excluding hydrogens is 340 g/mol. The Morgan fingerprint density at radius 3 is 2.74 bits per heavy atom. The fourth-order valence-electron chi connectivity index (χ4n) is 3.80. The van der Waals surface area contributed by atoms with Crippen molar-refractivity contribution in [1.29, 1.82) is 0 Å². The molecule has 144 valence electrons. The molecule has 6 heteroatoms. The van der Waals surface area contributed by atoms with Crippen LogP contribution in [0.15, 0.2) is 30.5 Å². The van der Waals surface area contributed by atoms with Crippen molar-refractivity contribution in [3.63, 3.8) is 0 Å². The third-order valence-electron chi connectivity index (χ3n) is 5.08. The fourth-order valence-corrected chi connectivity index (χ4v) is 3.80. The van der Waals surface area contributed by atoms with E-state index in [4.69, 9.17) is 0 Å². The Kier molecular flexibility index (Phi) is 5.35. The molecule has 6 nitrogen and oxygen atoms in total. The van der Waals surface area contributed by atoms with Gasteiger partial charge in [0.15, 0.2) is 0 Å². The Labute approximate surface area is 160 Å². The molecule has 1 aliphatic carbocycles. The van der Waals surface area contributed by atoms with Gasteiger partial charge in [-0.05, 0) is 36.8 Å². The van der Waals surface area contributed by atoms with Crippen LogP contribution >= 0.6 is 0 Å². The van der Waals surface area contributed by atoms with Crippen molar-refractivity contribution in [1.82, 2.24) is 20.4 Å². The van der Waals surface area contributed by atoms with Crippen LogP contribution in [0.3, 0.4) is 0 Å². The van der Waals surface area contributed by atoms with Gasteiger partial charge in [-0.3, -0.25) is 9.59 Å². The van der Waals surface area contributed by atoms with Crippen LogP contribution in [-0.2, 0) is 16.0 Å². The third kappa shape index (κ3) is 4.38.